The summed E-state index contributed by atoms with van der Waals surface area (Å²) in [7, 11) is 0. The van der Waals surface area contributed by atoms with Crippen molar-refractivity contribution < 1.29 is 13.9 Å². The third-order valence-electron chi connectivity index (χ3n) is 3.32. The van der Waals surface area contributed by atoms with Gasteiger partial charge in [-0.15, -0.1) is 0 Å². The molecule has 1 atom stereocenters. The molecule has 1 amide bonds. The summed E-state index contributed by atoms with van der Waals surface area (Å²) in [5.41, 5.74) is 1.74. The van der Waals surface area contributed by atoms with Crippen molar-refractivity contribution in [2.75, 3.05) is 11.9 Å². The van der Waals surface area contributed by atoms with Gasteiger partial charge >= 0.3 is 0 Å². The molecule has 0 bridgehead atoms. The van der Waals surface area contributed by atoms with Crippen molar-refractivity contribution >= 4 is 11.6 Å². The van der Waals surface area contributed by atoms with E-state index in [1.165, 1.54) is 12.1 Å². The summed E-state index contributed by atoms with van der Waals surface area (Å²) in [5, 5.41) is 6.09. The molecule has 122 valence electrons. The summed E-state index contributed by atoms with van der Waals surface area (Å²) in [5.74, 6) is -0.349. The molecule has 0 fully saturated rings. The molecule has 0 saturated heterocycles. The van der Waals surface area contributed by atoms with E-state index in [9.17, 15) is 9.18 Å². The second-order valence-corrected chi connectivity index (χ2v) is 5.14. The van der Waals surface area contributed by atoms with E-state index >= 15 is 0 Å². The summed E-state index contributed by atoms with van der Waals surface area (Å²) in [6, 6.07) is 13.3. The molecule has 0 aliphatic rings. The fourth-order valence-electron chi connectivity index (χ4n) is 2.09. The molecule has 1 unspecified atom stereocenters. The summed E-state index contributed by atoms with van der Waals surface area (Å²) in [6.45, 7) is 5.18. The first-order chi connectivity index (χ1) is 11.1. The van der Waals surface area contributed by atoms with Crippen LogP contribution < -0.4 is 15.4 Å². The first kappa shape index (κ1) is 17.0. The number of carbonyl (C=O) groups excluding carboxylic acids is 1. The monoisotopic (exact) mass is 316 g/mol. The van der Waals surface area contributed by atoms with Crippen molar-refractivity contribution in [1.82, 2.24) is 5.32 Å². The average molecular weight is 316 g/mol. The van der Waals surface area contributed by atoms with Crippen LogP contribution in [-0.2, 0) is 11.3 Å². The molecule has 0 radical (unpaired) electrons. The van der Waals surface area contributed by atoms with Gasteiger partial charge in [0.1, 0.15) is 11.6 Å². The number of carbonyl (C=O) groups is 1. The number of para-hydroxylation sites is 1. The number of rotatable bonds is 7. The van der Waals surface area contributed by atoms with Crippen LogP contribution in [0.5, 0.6) is 5.75 Å². The molecule has 5 heteroatoms. The quantitative estimate of drug-likeness (QED) is 0.824. The minimum Gasteiger partial charge on any atom is -0.481 e. The SMILES string of the molecule is CCNCc1ccccc1NC(=O)C(C)Oc1cccc(F)c1. The van der Waals surface area contributed by atoms with Gasteiger partial charge in [0.25, 0.3) is 5.91 Å². The highest BCUT2D eigenvalue weighted by Gasteiger charge is 2.16. The summed E-state index contributed by atoms with van der Waals surface area (Å²) in [4.78, 5) is 12.3. The van der Waals surface area contributed by atoms with Gasteiger partial charge in [0, 0.05) is 18.3 Å². The number of amides is 1. The number of halogens is 1. The molecule has 0 aromatic heterocycles. The van der Waals surface area contributed by atoms with E-state index in [0.717, 1.165) is 17.8 Å². The van der Waals surface area contributed by atoms with Crippen molar-refractivity contribution in [3.63, 3.8) is 0 Å². The summed E-state index contributed by atoms with van der Waals surface area (Å²) < 4.78 is 18.6. The number of nitrogens with one attached hydrogen (secondary N) is 2. The van der Waals surface area contributed by atoms with Gasteiger partial charge in [0.05, 0.1) is 0 Å². The second-order valence-electron chi connectivity index (χ2n) is 5.14. The van der Waals surface area contributed by atoms with Gasteiger partial charge in [0.2, 0.25) is 0 Å². The Labute approximate surface area is 135 Å². The predicted octanol–water partition coefficient (Wildman–Crippen LogP) is 3.34. The maximum Gasteiger partial charge on any atom is 0.265 e. The molecule has 0 heterocycles. The fraction of sp³-hybridized carbons (Fsp3) is 0.278. The molecular weight excluding hydrogens is 295 g/mol. The van der Waals surface area contributed by atoms with Crippen LogP contribution in [0.2, 0.25) is 0 Å². The van der Waals surface area contributed by atoms with Crippen LogP contribution in [0, 0.1) is 5.82 Å². The largest absolute Gasteiger partial charge is 0.481 e. The van der Waals surface area contributed by atoms with E-state index in [-0.39, 0.29) is 5.91 Å². The lowest BCUT2D eigenvalue weighted by Crippen LogP contribution is -2.30. The standard InChI is InChI=1S/C18H21FN2O2/c1-3-20-12-14-7-4-5-10-17(14)21-18(22)13(2)23-16-9-6-8-15(19)11-16/h4-11,13,20H,3,12H2,1-2H3,(H,21,22). The fourth-order valence-corrected chi connectivity index (χ4v) is 2.09. The zero-order valence-corrected chi connectivity index (χ0v) is 13.3. The smallest absolute Gasteiger partial charge is 0.265 e. The molecular formula is C18H21FN2O2. The van der Waals surface area contributed by atoms with E-state index in [4.69, 9.17) is 4.74 Å². The van der Waals surface area contributed by atoms with Gasteiger partial charge in [-0.25, -0.2) is 4.39 Å². The highest BCUT2D eigenvalue weighted by molar-refractivity contribution is 5.94. The highest BCUT2D eigenvalue weighted by Crippen LogP contribution is 2.17. The molecule has 0 aliphatic carbocycles. The zero-order valence-electron chi connectivity index (χ0n) is 13.3. The minimum atomic E-state index is -0.732. The van der Waals surface area contributed by atoms with Crippen LogP contribution in [0.3, 0.4) is 0 Å². The van der Waals surface area contributed by atoms with Gasteiger partial charge < -0.3 is 15.4 Å². The Hall–Kier alpha value is -2.40. The molecule has 0 aliphatic heterocycles. The molecule has 23 heavy (non-hydrogen) atoms. The Morgan fingerprint density at radius 3 is 2.74 bits per heavy atom. The third-order valence-corrected chi connectivity index (χ3v) is 3.32. The second kappa shape index (κ2) is 8.29. The van der Waals surface area contributed by atoms with Crippen molar-refractivity contribution in [3.05, 3.63) is 59.9 Å². The topological polar surface area (TPSA) is 50.4 Å². The normalized spacial score (nSPS) is 11.8. The average Bonchev–Trinajstić information content (AvgIpc) is 2.54. The Bertz CT molecular complexity index is 661. The van der Waals surface area contributed by atoms with Crippen molar-refractivity contribution in [2.24, 2.45) is 0 Å². The predicted molar refractivity (Wildman–Crippen MR) is 88.9 cm³/mol. The van der Waals surface area contributed by atoms with E-state index < -0.39 is 11.9 Å². The van der Waals surface area contributed by atoms with E-state index in [2.05, 4.69) is 10.6 Å². The van der Waals surface area contributed by atoms with E-state index in [0.29, 0.717) is 12.3 Å². The molecule has 0 saturated carbocycles. The minimum absolute atomic E-state index is 0.279. The van der Waals surface area contributed by atoms with Gasteiger partial charge in [-0.2, -0.15) is 0 Å². The lowest BCUT2D eigenvalue weighted by Gasteiger charge is -2.16. The number of ether oxygens (including phenoxy) is 1. The van der Waals surface area contributed by atoms with Crippen molar-refractivity contribution in [2.45, 2.75) is 26.5 Å². The number of benzene rings is 2. The first-order valence-electron chi connectivity index (χ1n) is 7.62. The van der Waals surface area contributed by atoms with Crippen molar-refractivity contribution in [3.8, 4) is 5.75 Å². The Kier molecular flexibility index (Phi) is 6.11. The molecule has 4 nitrogen and oxygen atoms in total. The van der Waals surface area contributed by atoms with Gasteiger partial charge in [-0.3, -0.25) is 4.79 Å². The number of hydrogen-bond acceptors (Lipinski definition) is 3. The molecule has 2 rings (SSSR count). The van der Waals surface area contributed by atoms with Gasteiger partial charge in [0.15, 0.2) is 6.10 Å². The summed E-state index contributed by atoms with van der Waals surface area (Å²) >= 11 is 0. The van der Waals surface area contributed by atoms with Gasteiger partial charge in [-0.05, 0) is 37.2 Å². The molecule has 0 spiro atoms. The first-order valence-corrected chi connectivity index (χ1v) is 7.62. The van der Waals surface area contributed by atoms with Crippen LogP contribution in [0.1, 0.15) is 19.4 Å². The Morgan fingerprint density at radius 1 is 1.22 bits per heavy atom. The van der Waals surface area contributed by atoms with Crippen LogP contribution in [0.15, 0.2) is 48.5 Å². The Morgan fingerprint density at radius 2 is 2.00 bits per heavy atom. The van der Waals surface area contributed by atoms with Crippen LogP contribution in [0.25, 0.3) is 0 Å². The maximum atomic E-state index is 13.1. The lowest BCUT2D eigenvalue weighted by atomic mass is 10.1. The van der Waals surface area contributed by atoms with E-state index in [1.54, 1.807) is 19.1 Å². The molecule has 2 aromatic rings. The van der Waals surface area contributed by atoms with Gasteiger partial charge in [-0.1, -0.05) is 31.2 Å². The lowest BCUT2D eigenvalue weighted by molar-refractivity contribution is -0.122. The van der Waals surface area contributed by atoms with Crippen molar-refractivity contribution in [1.29, 1.82) is 0 Å². The molecule has 2 N–H and O–H groups in total. The van der Waals surface area contributed by atoms with Crippen LogP contribution in [0.4, 0.5) is 10.1 Å². The Balaban J connectivity index is 2.01. The summed E-state index contributed by atoms with van der Waals surface area (Å²) in [6.07, 6.45) is -0.732. The number of anilines is 1. The maximum absolute atomic E-state index is 13.1. The molecule has 2 aromatic carbocycles. The highest BCUT2D eigenvalue weighted by atomic mass is 19.1. The number of hydrogen-bond donors (Lipinski definition) is 2. The third kappa shape index (κ3) is 5.07. The van der Waals surface area contributed by atoms with Crippen LogP contribution in [-0.4, -0.2) is 18.6 Å². The van der Waals surface area contributed by atoms with Crippen LogP contribution >= 0.6 is 0 Å². The zero-order chi connectivity index (χ0) is 16.7. The van der Waals surface area contributed by atoms with E-state index in [1.807, 2.05) is 31.2 Å².